The maximum absolute atomic E-state index is 13.4. The summed E-state index contributed by atoms with van der Waals surface area (Å²) in [4.78, 5) is 19.6. The number of para-hydroxylation sites is 1. The molecule has 10 heteroatoms. The molecule has 1 saturated heterocycles. The quantitative estimate of drug-likeness (QED) is 0.497. The first-order chi connectivity index (χ1) is 14.7. The van der Waals surface area contributed by atoms with Crippen LogP contribution in [0.4, 0.5) is 0 Å². The van der Waals surface area contributed by atoms with Gasteiger partial charge in [-0.3, -0.25) is 4.79 Å². The fraction of sp³-hybridized carbons (Fsp3) is 0.429. The van der Waals surface area contributed by atoms with Gasteiger partial charge in [-0.15, -0.1) is 11.3 Å². The highest BCUT2D eigenvalue weighted by Crippen LogP contribution is 2.34. The van der Waals surface area contributed by atoms with Gasteiger partial charge in [0.2, 0.25) is 10.0 Å². The van der Waals surface area contributed by atoms with Gasteiger partial charge >= 0.3 is 0 Å². The van der Waals surface area contributed by atoms with Crippen LogP contribution in [0.2, 0.25) is 0 Å². The number of carbonyl (C=O) groups excluding carboxylic acids is 1. The van der Waals surface area contributed by atoms with E-state index < -0.39 is 10.0 Å². The number of nitrogens with zero attached hydrogens (tertiary/aromatic N) is 3. The van der Waals surface area contributed by atoms with Crippen LogP contribution in [0.1, 0.15) is 34.7 Å². The minimum absolute atomic E-state index is 0.0853. The van der Waals surface area contributed by atoms with E-state index in [9.17, 15) is 13.2 Å². The molecule has 0 radical (unpaired) electrons. The predicted octanol–water partition coefficient (Wildman–Crippen LogP) is 3.99. The number of sulfonamides is 1. The summed E-state index contributed by atoms with van der Waals surface area (Å²) in [5.41, 5.74) is 2.57. The van der Waals surface area contributed by atoms with E-state index in [1.165, 1.54) is 10.6 Å². The van der Waals surface area contributed by atoms with Crippen LogP contribution in [0.3, 0.4) is 0 Å². The number of fused-ring (bicyclic) bond motifs is 1. The number of piperidine rings is 1. The Morgan fingerprint density at radius 2 is 2.03 bits per heavy atom. The van der Waals surface area contributed by atoms with E-state index in [1.807, 2.05) is 36.6 Å². The summed E-state index contributed by atoms with van der Waals surface area (Å²) in [6.45, 7) is 2.96. The van der Waals surface area contributed by atoms with E-state index >= 15 is 0 Å². The third kappa shape index (κ3) is 4.82. The molecule has 0 N–H and O–H groups in total. The average molecular weight is 480 g/mol. The number of carbonyl (C=O) groups is 1. The van der Waals surface area contributed by atoms with Crippen molar-refractivity contribution in [1.29, 1.82) is 0 Å². The number of aromatic nitrogens is 1. The maximum Gasteiger partial charge on any atom is 0.289 e. The number of thiazole rings is 1. The Morgan fingerprint density at radius 1 is 1.32 bits per heavy atom. The van der Waals surface area contributed by atoms with Crippen LogP contribution in [0.25, 0.3) is 11.0 Å². The van der Waals surface area contributed by atoms with E-state index in [0.717, 1.165) is 21.0 Å². The Hall–Kier alpha value is -1.88. The van der Waals surface area contributed by atoms with Gasteiger partial charge < -0.3 is 9.32 Å². The zero-order chi connectivity index (χ0) is 22.2. The number of thioether (sulfide) groups is 1. The van der Waals surface area contributed by atoms with Gasteiger partial charge in [0.25, 0.3) is 5.91 Å². The molecule has 1 amide bonds. The van der Waals surface area contributed by atoms with Gasteiger partial charge in [-0.05, 0) is 25.8 Å². The van der Waals surface area contributed by atoms with Gasteiger partial charge in [-0.2, -0.15) is 0 Å². The summed E-state index contributed by atoms with van der Waals surface area (Å²) < 4.78 is 32.0. The molecule has 2 aromatic heterocycles. The monoisotopic (exact) mass is 479 g/mol. The molecule has 0 unspecified atom stereocenters. The lowest BCUT2D eigenvalue weighted by Crippen LogP contribution is -2.47. The number of rotatable bonds is 6. The molecular formula is C21H25N3O4S3. The SMILES string of the molecule is Cc1csc(SCc2c(C(=O)N3CCC(N(C)S(C)(=O)=O)CC3)oc3ccccc23)n1. The smallest absolute Gasteiger partial charge is 0.289 e. The highest BCUT2D eigenvalue weighted by Gasteiger charge is 2.32. The standard InChI is InChI=1S/C21H25N3O4S3/c1-14-12-29-21(22-14)30-13-17-16-6-4-5-7-18(16)28-19(17)20(25)24-10-8-15(9-11-24)23(2)31(3,26)27/h4-7,12,15H,8-11,13H2,1-3H3. The first-order valence-corrected chi connectivity index (χ1v) is 13.7. The van der Waals surface area contributed by atoms with Gasteiger partial charge in [-0.1, -0.05) is 30.0 Å². The first kappa shape index (κ1) is 22.3. The summed E-state index contributed by atoms with van der Waals surface area (Å²) in [6.07, 6.45) is 2.43. The first-order valence-electron chi connectivity index (χ1n) is 10.0. The molecule has 31 heavy (non-hydrogen) atoms. The topological polar surface area (TPSA) is 83.7 Å². The summed E-state index contributed by atoms with van der Waals surface area (Å²) in [5, 5.41) is 2.96. The molecule has 0 saturated carbocycles. The van der Waals surface area contributed by atoms with Crippen molar-refractivity contribution in [1.82, 2.24) is 14.2 Å². The fourth-order valence-electron chi connectivity index (χ4n) is 3.79. The predicted molar refractivity (Wildman–Crippen MR) is 124 cm³/mol. The van der Waals surface area contributed by atoms with E-state index in [0.29, 0.717) is 43.0 Å². The normalized spacial score (nSPS) is 15.8. The van der Waals surface area contributed by atoms with Gasteiger partial charge in [0, 0.05) is 54.0 Å². The molecule has 1 aromatic carbocycles. The van der Waals surface area contributed by atoms with Crippen LogP contribution in [0.5, 0.6) is 0 Å². The molecule has 7 nitrogen and oxygen atoms in total. The summed E-state index contributed by atoms with van der Waals surface area (Å²) in [6, 6.07) is 7.61. The molecule has 4 rings (SSSR count). The molecule has 3 heterocycles. The van der Waals surface area contributed by atoms with Crippen molar-refractivity contribution < 1.29 is 17.6 Å². The number of benzene rings is 1. The molecule has 1 aliphatic heterocycles. The Kier molecular flexibility index (Phi) is 6.43. The van der Waals surface area contributed by atoms with Crippen molar-refractivity contribution in [3.05, 3.63) is 46.7 Å². The number of aryl methyl sites for hydroxylation is 1. The number of likely N-dealkylation sites (tertiary alicyclic amines) is 1. The van der Waals surface area contributed by atoms with Crippen molar-refractivity contribution >= 4 is 50.0 Å². The lowest BCUT2D eigenvalue weighted by Gasteiger charge is -2.35. The highest BCUT2D eigenvalue weighted by molar-refractivity contribution is 8.00. The lowest BCUT2D eigenvalue weighted by molar-refractivity contribution is 0.0655. The van der Waals surface area contributed by atoms with Gasteiger partial charge in [-0.25, -0.2) is 17.7 Å². The van der Waals surface area contributed by atoms with Crippen LogP contribution in [0, 0.1) is 6.92 Å². The van der Waals surface area contributed by atoms with Crippen LogP contribution in [-0.4, -0.2) is 60.9 Å². The van der Waals surface area contributed by atoms with Crippen molar-refractivity contribution in [2.45, 2.75) is 35.9 Å². The van der Waals surface area contributed by atoms with Crippen molar-refractivity contribution in [3.8, 4) is 0 Å². The Morgan fingerprint density at radius 3 is 2.68 bits per heavy atom. The van der Waals surface area contributed by atoms with Crippen LogP contribution in [0.15, 0.2) is 38.4 Å². The largest absolute Gasteiger partial charge is 0.451 e. The Labute approximate surface area is 190 Å². The minimum atomic E-state index is -3.24. The molecule has 3 aromatic rings. The number of hydrogen-bond acceptors (Lipinski definition) is 7. The van der Waals surface area contributed by atoms with E-state index in [2.05, 4.69) is 4.98 Å². The number of hydrogen-bond donors (Lipinski definition) is 0. The molecule has 1 aliphatic rings. The summed E-state index contributed by atoms with van der Waals surface area (Å²) in [5.74, 6) is 0.831. The average Bonchev–Trinajstić information content (AvgIpc) is 3.33. The van der Waals surface area contributed by atoms with Gasteiger partial charge in [0.1, 0.15) is 9.92 Å². The fourth-order valence-corrected chi connectivity index (χ4v) is 6.42. The number of furan rings is 1. The molecule has 1 fully saturated rings. The molecule has 166 valence electrons. The second-order valence-corrected chi connectivity index (χ2v) is 11.9. The van der Waals surface area contributed by atoms with E-state index in [1.54, 1.807) is 35.0 Å². The summed E-state index contributed by atoms with van der Waals surface area (Å²) >= 11 is 3.20. The molecule has 0 bridgehead atoms. The minimum Gasteiger partial charge on any atom is -0.451 e. The lowest BCUT2D eigenvalue weighted by atomic mass is 10.0. The van der Waals surface area contributed by atoms with Crippen LogP contribution >= 0.6 is 23.1 Å². The third-order valence-electron chi connectivity index (χ3n) is 5.62. The van der Waals surface area contributed by atoms with Gasteiger partial charge in [0.15, 0.2) is 5.76 Å². The molecular weight excluding hydrogens is 454 g/mol. The zero-order valence-corrected chi connectivity index (χ0v) is 20.1. The Balaban J connectivity index is 1.54. The highest BCUT2D eigenvalue weighted by atomic mass is 32.2. The van der Waals surface area contributed by atoms with E-state index in [-0.39, 0.29) is 11.9 Å². The molecule has 0 atom stereocenters. The van der Waals surface area contributed by atoms with Crippen molar-refractivity contribution in [3.63, 3.8) is 0 Å². The second-order valence-electron chi connectivity index (χ2n) is 7.75. The van der Waals surface area contributed by atoms with Crippen molar-refractivity contribution in [2.75, 3.05) is 26.4 Å². The van der Waals surface area contributed by atoms with Crippen molar-refractivity contribution in [2.24, 2.45) is 0 Å². The van der Waals surface area contributed by atoms with Crippen LogP contribution in [-0.2, 0) is 15.8 Å². The molecule has 0 spiro atoms. The number of amides is 1. The third-order valence-corrected chi connectivity index (χ3v) is 9.13. The van der Waals surface area contributed by atoms with Crippen LogP contribution < -0.4 is 0 Å². The second kappa shape index (κ2) is 8.93. The maximum atomic E-state index is 13.4. The molecule has 0 aliphatic carbocycles. The summed E-state index contributed by atoms with van der Waals surface area (Å²) in [7, 11) is -1.64. The Bertz CT molecular complexity index is 1190. The van der Waals surface area contributed by atoms with E-state index in [4.69, 9.17) is 4.42 Å². The van der Waals surface area contributed by atoms with Gasteiger partial charge in [0.05, 0.1) is 6.26 Å². The zero-order valence-electron chi connectivity index (χ0n) is 17.7.